The SMILES string of the molecule is Clc1ccc2c(c1-c1cc3ccccc3o1)Oc1ccccc1O2. The molecule has 116 valence electrons. The molecule has 0 amide bonds. The zero-order chi connectivity index (χ0) is 16.1. The van der Waals surface area contributed by atoms with Crippen LogP contribution >= 0.6 is 11.6 Å². The summed E-state index contributed by atoms with van der Waals surface area (Å²) in [5.41, 5.74) is 1.50. The van der Waals surface area contributed by atoms with Gasteiger partial charge in [0.15, 0.2) is 23.0 Å². The van der Waals surface area contributed by atoms with Crippen LogP contribution in [-0.2, 0) is 0 Å². The van der Waals surface area contributed by atoms with Crippen molar-refractivity contribution < 1.29 is 13.9 Å². The van der Waals surface area contributed by atoms with E-state index in [9.17, 15) is 0 Å². The fraction of sp³-hybridized carbons (Fsp3) is 0. The van der Waals surface area contributed by atoms with E-state index in [4.69, 9.17) is 25.5 Å². The van der Waals surface area contributed by atoms with Gasteiger partial charge in [-0.05, 0) is 36.4 Å². The van der Waals surface area contributed by atoms with Gasteiger partial charge in [-0.2, -0.15) is 0 Å². The maximum Gasteiger partial charge on any atom is 0.182 e. The molecular formula is C20H11ClO3. The number of rotatable bonds is 1. The van der Waals surface area contributed by atoms with Crippen LogP contribution < -0.4 is 9.47 Å². The molecule has 3 nitrogen and oxygen atoms in total. The van der Waals surface area contributed by atoms with Gasteiger partial charge in [0.2, 0.25) is 0 Å². The van der Waals surface area contributed by atoms with Crippen molar-refractivity contribution in [2.45, 2.75) is 0 Å². The molecule has 0 N–H and O–H groups in total. The summed E-state index contributed by atoms with van der Waals surface area (Å²) in [4.78, 5) is 0. The first-order chi connectivity index (χ1) is 11.8. The normalized spacial score (nSPS) is 12.2. The molecule has 5 rings (SSSR count). The Labute approximate surface area is 143 Å². The van der Waals surface area contributed by atoms with E-state index >= 15 is 0 Å². The third-order valence-electron chi connectivity index (χ3n) is 4.02. The van der Waals surface area contributed by atoms with Crippen molar-refractivity contribution >= 4 is 22.6 Å². The molecule has 0 radical (unpaired) electrons. The number of halogens is 1. The van der Waals surface area contributed by atoms with Gasteiger partial charge in [0, 0.05) is 5.39 Å². The fourth-order valence-electron chi connectivity index (χ4n) is 2.90. The maximum atomic E-state index is 6.45. The summed E-state index contributed by atoms with van der Waals surface area (Å²) in [6, 6.07) is 20.9. The highest BCUT2D eigenvalue weighted by Gasteiger charge is 2.25. The minimum atomic E-state index is 0.552. The Hall–Kier alpha value is -2.91. The Morgan fingerprint density at radius 1 is 0.708 bits per heavy atom. The summed E-state index contributed by atoms with van der Waals surface area (Å²) < 4.78 is 18.0. The van der Waals surface area contributed by atoms with E-state index in [2.05, 4.69) is 0 Å². The van der Waals surface area contributed by atoms with E-state index in [-0.39, 0.29) is 0 Å². The van der Waals surface area contributed by atoms with E-state index in [1.54, 1.807) is 12.1 Å². The summed E-state index contributed by atoms with van der Waals surface area (Å²) in [7, 11) is 0. The van der Waals surface area contributed by atoms with Crippen LogP contribution in [0.2, 0.25) is 5.02 Å². The lowest BCUT2D eigenvalue weighted by atomic mass is 10.1. The zero-order valence-electron chi connectivity index (χ0n) is 12.5. The van der Waals surface area contributed by atoms with Gasteiger partial charge in [0.05, 0.1) is 10.6 Å². The Bertz CT molecular complexity index is 1050. The van der Waals surface area contributed by atoms with E-state index in [0.29, 0.717) is 39.3 Å². The van der Waals surface area contributed by atoms with Crippen LogP contribution in [0.3, 0.4) is 0 Å². The molecule has 0 fully saturated rings. The lowest BCUT2D eigenvalue weighted by Crippen LogP contribution is -2.00. The molecule has 0 aliphatic carbocycles. The van der Waals surface area contributed by atoms with Gasteiger partial charge >= 0.3 is 0 Å². The Morgan fingerprint density at radius 2 is 1.46 bits per heavy atom. The van der Waals surface area contributed by atoms with Crippen LogP contribution in [0.25, 0.3) is 22.3 Å². The first-order valence-electron chi connectivity index (χ1n) is 7.56. The topological polar surface area (TPSA) is 31.6 Å². The van der Waals surface area contributed by atoms with E-state index in [1.165, 1.54) is 0 Å². The Kier molecular flexibility index (Phi) is 2.84. The summed E-state index contributed by atoms with van der Waals surface area (Å²) in [5.74, 6) is 3.18. The summed E-state index contributed by atoms with van der Waals surface area (Å²) in [6.07, 6.45) is 0. The number of para-hydroxylation sites is 3. The molecule has 1 aliphatic rings. The van der Waals surface area contributed by atoms with Crippen molar-refractivity contribution in [2.24, 2.45) is 0 Å². The van der Waals surface area contributed by atoms with Crippen LogP contribution in [0.5, 0.6) is 23.0 Å². The summed E-state index contributed by atoms with van der Waals surface area (Å²) in [5, 5.41) is 1.56. The second-order valence-electron chi connectivity index (χ2n) is 5.55. The minimum absolute atomic E-state index is 0.552. The molecule has 4 heteroatoms. The molecule has 0 spiro atoms. The fourth-order valence-corrected chi connectivity index (χ4v) is 3.15. The van der Waals surface area contributed by atoms with Crippen LogP contribution in [-0.4, -0.2) is 0 Å². The third kappa shape index (κ3) is 1.99. The molecule has 0 saturated carbocycles. The van der Waals surface area contributed by atoms with Crippen molar-refractivity contribution in [2.75, 3.05) is 0 Å². The second-order valence-corrected chi connectivity index (χ2v) is 5.96. The van der Waals surface area contributed by atoms with Gasteiger partial charge in [-0.1, -0.05) is 41.9 Å². The van der Waals surface area contributed by atoms with Crippen LogP contribution in [0.1, 0.15) is 0 Å². The average Bonchev–Trinajstić information content (AvgIpc) is 3.03. The molecule has 2 heterocycles. The molecular weight excluding hydrogens is 324 g/mol. The quantitative estimate of drug-likeness (QED) is 0.344. The molecule has 0 atom stereocenters. The molecule has 3 aromatic carbocycles. The van der Waals surface area contributed by atoms with Gasteiger partial charge in [0.25, 0.3) is 0 Å². The number of hydrogen-bond acceptors (Lipinski definition) is 3. The highest BCUT2D eigenvalue weighted by molar-refractivity contribution is 6.33. The zero-order valence-corrected chi connectivity index (χ0v) is 13.2. The predicted octanol–water partition coefficient (Wildman–Crippen LogP) is 6.65. The first kappa shape index (κ1) is 13.5. The molecule has 1 aliphatic heterocycles. The van der Waals surface area contributed by atoms with Gasteiger partial charge in [-0.15, -0.1) is 0 Å². The molecule has 4 aromatic rings. The third-order valence-corrected chi connectivity index (χ3v) is 4.34. The van der Waals surface area contributed by atoms with Crippen molar-refractivity contribution in [1.82, 2.24) is 0 Å². The standard InChI is InChI=1S/C20H11ClO3/c21-13-9-10-17-20(24-16-8-4-3-7-15(16)23-17)19(13)18-11-12-5-1-2-6-14(12)22-18/h1-11H. The van der Waals surface area contributed by atoms with Gasteiger partial charge in [-0.25, -0.2) is 0 Å². The lowest BCUT2D eigenvalue weighted by Gasteiger charge is -2.22. The van der Waals surface area contributed by atoms with Crippen molar-refractivity contribution in [1.29, 1.82) is 0 Å². The highest BCUT2D eigenvalue weighted by atomic mass is 35.5. The molecule has 24 heavy (non-hydrogen) atoms. The average molecular weight is 335 g/mol. The number of ether oxygens (including phenoxy) is 2. The van der Waals surface area contributed by atoms with E-state index < -0.39 is 0 Å². The van der Waals surface area contributed by atoms with Crippen molar-refractivity contribution in [3.8, 4) is 34.3 Å². The number of benzene rings is 3. The molecule has 0 unspecified atom stereocenters. The van der Waals surface area contributed by atoms with Crippen molar-refractivity contribution in [3.63, 3.8) is 0 Å². The smallest absolute Gasteiger partial charge is 0.182 e. The monoisotopic (exact) mass is 334 g/mol. The van der Waals surface area contributed by atoms with Gasteiger partial charge in [-0.3, -0.25) is 0 Å². The van der Waals surface area contributed by atoms with Gasteiger partial charge < -0.3 is 13.9 Å². The number of hydrogen-bond donors (Lipinski definition) is 0. The Balaban J connectivity index is 1.73. The molecule has 1 aromatic heterocycles. The minimum Gasteiger partial charge on any atom is -0.456 e. The van der Waals surface area contributed by atoms with Crippen molar-refractivity contribution in [3.05, 3.63) is 71.8 Å². The lowest BCUT2D eigenvalue weighted by molar-refractivity contribution is 0.360. The highest BCUT2D eigenvalue weighted by Crippen LogP contribution is 2.52. The summed E-state index contributed by atoms with van der Waals surface area (Å²) >= 11 is 6.45. The van der Waals surface area contributed by atoms with E-state index in [0.717, 1.165) is 11.0 Å². The molecule has 0 bridgehead atoms. The second kappa shape index (κ2) is 5.05. The first-order valence-corrected chi connectivity index (χ1v) is 7.93. The van der Waals surface area contributed by atoms with Crippen LogP contribution in [0.4, 0.5) is 0 Å². The predicted molar refractivity (Wildman–Crippen MR) is 93.3 cm³/mol. The van der Waals surface area contributed by atoms with E-state index in [1.807, 2.05) is 54.6 Å². The molecule has 0 saturated heterocycles. The largest absolute Gasteiger partial charge is 0.456 e. The van der Waals surface area contributed by atoms with Crippen LogP contribution in [0, 0.1) is 0 Å². The Morgan fingerprint density at radius 3 is 2.29 bits per heavy atom. The number of furan rings is 1. The maximum absolute atomic E-state index is 6.45. The summed E-state index contributed by atoms with van der Waals surface area (Å²) in [6.45, 7) is 0. The number of fused-ring (bicyclic) bond motifs is 3. The van der Waals surface area contributed by atoms with Gasteiger partial charge in [0.1, 0.15) is 11.3 Å². The van der Waals surface area contributed by atoms with Crippen LogP contribution in [0.15, 0.2) is 71.1 Å².